The van der Waals surface area contributed by atoms with E-state index in [1.54, 1.807) is 0 Å². The van der Waals surface area contributed by atoms with Gasteiger partial charge in [0, 0.05) is 3.92 Å². The van der Waals surface area contributed by atoms with Gasteiger partial charge in [-0.15, -0.1) is 6.58 Å². The molecule has 1 fully saturated rings. The van der Waals surface area contributed by atoms with Crippen LogP contribution in [0, 0.1) is 0 Å². The quantitative estimate of drug-likeness (QED) is 0.463. The van der Waals surface area contributed by atoms with E-state index in [-0.39, 0.29) is 0 Å². The Hall–Kier alpha value is 0.430. The summed E-state index contributed by atoms with van der Waals surface area (Å²) in [5.74, 6) is 0. The lowest BCUT2D eigenvalue weighted by Crippen LogP contribution is -2.34. The molecule has 0 amide bonds. The topological polar surface area (TPSA) is 20.2 Å². The zero-order valence-electron chi connectivity index (χ0n) is 6.72. The molecule has 0 aliphatic heterocycles. The van der Waals surface area contributed by atoms with Gasteiger partial charge in [-0.3, -0.25) is 0 Å². The summed E-state index contributed by atoms with van der Waals surface area (Å²) in [5.41, 5.74) is -0.425. The molecule has 1 rings (SSSR count). The van der Waals surface area contributed by atoms with E-state index in [4.69, 9.17) is 0 Å². The van der Waals surface area contributed by atoms with Gasteiger partial charge in [-0.25, -0.2) is 0 Å². The Kier molecular flexibility index (Phi) is 3.37. The van der Waals surface area contributed by atoms with E-state index in [1.807, 2.05) is 6.08 Å². The predicted molar refractivity (Wildman–Crippen MR) is 56.0 cm³/mol. The Bertz CT molecular complexity index is 146. The van der Waals surface area contributed by atoms with Crippen molar-refractivity contribution in [3.8, 4) is 0 Å². The van der Waals surface area contributed by atoms with E-state index in [9.17, 15) is 5.11 Å². The molecule has 1 N–H and O–H groups in total. The number of aliphatic hydroxyl groups is 1. The molecule has 0 heterocycles. The molecule has 0 bridgehead atoms. The summed E-state index contributed by atoms with van der Waals surface area (Å²) in [5, 5.41) is 9.97. The largest absolute Gasteiger partial charge is 0.390 e. The van der Waals surface area contributed by atoms with Gasteiger partial charge in [-0.1, -0.05) is 28.7 Å². The normalized spacial score (nSPS) is 38.5. The van der Waals surface area contributed by atoms with Crippen molar-refractivity contribution in [3.63, 3.8) is 0 Å². The van der Waals surface area contributed by atoms with Crippen LogP contribution in [0.2, 0.25) is 0 Å². The molecule has 2 heteroatoms. The smallest absolute Gasteiger partial charge is 0.0692 e. The minimum atomic E-state index is -0.425. The van der Waals surface area contributed by atoms with Crippen LogP contribution in [0.25, 0.3) is 0 Å². The average Bonchev–Trinajstić information content (AvgIpc) is 1.86. The first-order valence-electron chi connectivity index (χ1n) is 4.14. The van der Waals surface area contributed by atoms with Crippen molar-refractivity contribution in [3.05, 3.63) is 12.7 Å². The number of hydrogen-bond acceptors (Lipinski definition) is 1. The number of hydrogen-bond donors (Lipinski definition) is 1. The monoisotopic (exact) mass is 266 g/mol. The summed E-state index contributed by atoms with van der Waals surface area (Å²) in [4.78, 5) is 0. The van der Waals surface area contributed by atoms with Gasteiger partial charge < -0.3 is 5.11 Å². The lowest BCUT2D eigenvalue weighted by atomic mass is 9.82. The van der Waals surface area contributed by atoms with E-state index in [2.05, 4.69) is 29.2 Å². The van der Waals surface area contributed by atoms with E-state index < -0.39 is 5.60 Å². The standard InChI is InChI=1S/C9H15IO/c1-2-5-9(11)6-3-4-8(10)7-9/h2,8,11H,1,3-7H2/t8?,9-/m0/s1. The molecule has 1 saturated carbocycles. The summed E-state index contributed by atoms with van der Waals surface area (Å²) in [6.07, 6.45) is 6.91. The van der Waals surface area contributed by atoms with Crippen molar-refractivity contribution in [2.45, 2.75) is 41.6 Å². The highest BCUT2D eigenvalue weighted by Crippen LogP contribution is 2.34. The summed E-state index contributed by atoms with van der Waals surface area (Å²) in [7, 11) is 0. The fourth-order valence-electron chi connectivity index (χ4n) is 1.72. The maximum Gasteiger partial charge on any atom is 0.0692 e. The van der Waals surface area contributed by atoms with Crippen LogP contribution >= 0.6 is 22.6 Å². The first-order valence-corrected chi connectivity index (χ1v) is 5.38. The van der Waals surface area contributed by atoms with Crippen LogP contribution in [0.1, 0.15) is 32.1 Å². The highest BCUT2D eigenvalue weighted by atomic mass is 127. The third kappa shape index (κ3) is 2.75. The second-order valence-electron chi connectivity index (χ2n) is 3.41. The number of alkyl halides is 1. The minimum absolute atomic E-state index is 0.425. The molecule has 1 unspecified atom stereocenters. The Labute approximate surface area is 82.0 Å². The van der Waals surface area contributed by atoms with Gasteiger partial charge in [0.25, 0.3) is 0 Å². The predicted octanol–water partition coefficient (Wildman–Crippen LogP) is 2.67. The van der Waals surface area contributed by atoms with Gasteiger partial charge in [0.1, 0.15) is 0 Å². The van der Waals surface area contributed by atoms with Crippen molar-refractivity contribution in [2.75, 3.05) is 0 Å². The number of rotatable bonds is 2. The first kappa shape index (κ1) is 9.52. The third-order valence-corrected chi connectivity index (χ3v) is 3.35. The average molecular weight is 266 g/mol. The second kappa shape index (κ2) is 3.90. The zero-order chi connectivity index (χ0) is 8.32. The first-order chi connectivity index (χ1) is 5.16. The van der Waals surface area contributed by atoms with Crippen LogP contribution in [0.3, 0.4) is 0 Å². The molecule has 0 saturated heterocycles. The molecule has 0 aromatic carbocycles. The Morgan fingerprint density at radius 2 is 2.45 bits per heavy atom. The molecule has 0 aromatic heterocycles. The molecular formula is C9H15IO. The van der Waals surface area contributed by atoms with E-state index in [0.29, 0.717) is 3.92 Å². The summed E-state index contributed by atoms with van der Waals surface area (Å²) in [6, 6.07) is 0. The Morgan fingerprint density at radius 1 is 1.73 bits per heavy atom. The van der Waals surface area contributed by atoms with E-state index in [1.165, 1.54) is 6.42 Å². The Morgan fingerprint density at radius 3 is 3.00 bits per heavy atom. The van der Waals surface area contributed by atoms with Gasteiger partial charge in [0.05, 0.1) is 5.60 Å². The summed E-state index contributed by atoms with van der Waals surface area (Å²) in [6.45, 7) is 3.66. The van der Waals surface area contributed by atoms with Gasteiger partial charge in [-0.2, -0.15) is 0 Å². The molecule has 11 heavy (non-hydrogen) atoms. The summed E-state index contributed by atoms with van der Waals surface area (Å²) < 4.78 is 0.659. The zero-order valence-corrected chi connectivity index (χ0v) is 8.88. The second-order valence-corrected chi connectivity index (χ2v) is 5.17. The van der Waals surface area contributed by atoms with Crippen LogP contribution in [-0.4, -0.2) is 14.6 Å². The fraction of sp³-hybridized carbons (Fsp3) is 0.778. The molecule has 1 aliphatic carbocycles. The molecule has 1 aliphatic rings. The lowest BCUT2D eigenvalue weighted by molar-refractivity contribution is 0.0110. The van der Waals surface area contributed by atoms with Crippen LogP contribution in [-0.2, 0) is 0 Å². The maximum absolute atomic E-state index is 9.97. The highest BCUT2D eigenvalue weighted by molar-refractivity contribution is 14.1. The molecule has 64 valence electrons. The van der Waals surface area contributed by atoms with Crippen molar-refractivity contribution < 1.29 is 5.11 Å². The molecule has 2 atom stereocenters. The third-order valence-electron chi connectivity index (χ3n) is 2.29. The maximum atomic E-state index is 9.97. The van der Waals surface area contributed by atoms with Crippen molar-refractivity contribution in [1.29, 1.82) is 0 Å². The lowest BCUT2D eigenvalue weighted by Gasteiger charge is -2.33. The van der Waals surface area contributed by atoms with Crippen LogP contribution in [0.15, 0.2) is 12.7 Å². The van der Waals surface area contributed by atoms with Crippen LogP contribution < -0.4 is 0 Å². The molecular weight excluding hydrogens is 251 g/mol. The molecule has 0 spiro atoms. The van der Waals surface area contributed by atoms with Gasteiger partial charge in [-0.05, 0) is 32.1 Å². The van der Waals surface area contributed by atoms with Gasteiger partial charge >= 0.3 is 0 Å². The van der Waals surface area contributed by atoms with E-state index in [0.717, 1.165) is 25.7 Å². The van der Waals surface area contributed by atoms with Gasteiger partial charge in [0.2, 0.25) is 0 Å². The van der Waals surface area contributed by atoms with E-state index >= 15 is 0 Å². The molecule has 0 radical (unpaired) electrons. The molecule has 0 aromatic rings. The van der Waals surface area contributed by atoms with Gasteiger partial charge in [0.15, 0.2) is 0 Å². The van der Waals surface area contributed by atoms with Crippen LogP contribution in [0.5, 0.6) is 0 Å². The SMILES string of the molecule is C=CC[C@]1(O)CCCC(I)C1. The Balaban J connectivity index is 2.47. The van der Waals surface area contributed by atoms with Crippen molar-refractivity contribution in [1.82, 2.24) is 0 Å². The highest BCUT2D eigenvalue weighted by Gasteiger charge is 2.31. The van der Waals surface area contributed by atoms with Crippen molar-refractivity contribution >= 4 is 22.6 Å². The van der Waals surface area contributed by atoms with Crippen LogP contribution in [0.4, 0.5) is 0 Å². The minimum Gasteiger partial charge on any atom is -0.390 e. The van der Waals surface area contributed by atoms with Crippen molar-refractivity contribution in [2.24, 2.45) is 0 Å². The number of halogens is 1. The fourth-order valence-corrected chi connectivity index (χ4v) is 2.98. The summed E-state index contributed by atoms with van der Waals surface area (Å²) >= 11 is 2.43. The molecule has 1 nitrogen and oxygen atoms in total.